The third-order valence-electron chi connectivity index (χ3n) is 3.94. The van der Waals surface area contributed by atoms with Gasteiger partial charge in [0.05, 0.1) is 18.3 Å². The van der Waals surface area contributed by atoms with Crippen LogP contribution in [-0.2, 0) is 11.2 Å². The second kappa shape index (κ2) is 8.02. The van der Waals surface area contributed by atoms with E-state index >= 15 is 0 Å². The SMILES string of the molecule is CC(Cc1ccc2c(c1)NCC(C)(C)O2)NCCCOC(C)C. The van der Waals surface area contributed by atoms with Crippen LogP contribution in [0.15, 0.2) is 18.2 Å². The number of nitrogens with one attached hydrogen (secondary N) is 2. The van der Waals surface area contributed by atoms with Gasteiger partial charge in [0.2, 0.25) is 0 Å². The van der Waals surface area contributed by atoms with E-state index in [4.69, 9.17) is 9.47 Å². The van der Waals surface area contributed by atoms with Crippen LogP contribution in [0.3, 0.4) is 0 Å². The quantitative estimate of drug-likeness (QED) is 0.718. The van der Waals surface area contributed by atoms with Crippen LogP contribution in [0.1, 0.15) is 46.6 Å². The number of hydrogen-bond donors (Lipinski definition) is 2. The van der Waals surface area contributed by atoms with Crippen molar-refractivity contribution in [1.82, 2.24) is 5.32 Å². The van der Waals surface area contributed by atoms with E-state index in [1.165, 1.54) is 5.56 Å². The van der Waals surface area contributed by atoms with Crippen molar-refractivity contribution in [2.45, 2.75) is 65.2 Å². The fourth-order valence-corrected chi connectivity index (χ4v) is 2.74. The van der Waals surface area contributed by atoms with E-state index in [2.05, 4.69) is 63.5 Å². The first kappa shape index (κ1) is 18.1. The highest BCUT2D eigenvalue weighted by atomic mass is 16.5. The van der Waals surface area contributed by atoms with Gasteiger partial charge in [0.15, 0.2) is 0 Å². The van der Waals surface area contributed by atoms with Gasteiger partial charge in [-0.25, -0.2) is 0 Å². The predicted molar refractivity (Wildman–Crippen MR) is 96.5 cm³/mol. The largest absolute Gasteiger partial charge is 0.484 e. The Balaban J connectivity index is 1.77. The summed E-state index contributed by atoms with van der Waals surface area (Å²) in [5.74, 6) is 0.955. The summed E-state index contributed by atoms with van der Waals surface area (Å²) in [6.45, 7) is 13.2. The highest BCUT2D eigenvalue weighted by molar-refractivity contribution is 5.60. The summed E-state index contributed by atoms with van der Waals surface area (Å²) in [7, 11) is 0. The normalized spacial score (nSPS) is 17.3. The monoisotopic (exact) mass is 320 g/mol. The lowest BCUT2D eigenvalue weighted by atomic mass is 10.0. The summed E-state index contributed by atoms with van der Waals surface area (Å²) in [4.78, 5) is 0. The minimum absolute atomic E-state index is 0.137. The van der Waals surface area contributed by atoms with Gasteiger partial charge in [-0.1, -0.05) is 6.07 Å². The van der Waals surface area contributed by atoms with E-state index in [1.807, 2.05) is 0 Å². The summed E-state index contributed by atoms with van der Waals surface area (Å²) >= 11 is 0. The van der Waals surface area contributed by atoms with Crippen LogP contribution in [0.25, 0.3) is 0 Å². The van der Waals surface area contributed by atoms with Gasteiger partial charge in [0.1, 0.15) is 11.4 Å². The van der Waals surface area contributed by atoms with Crippen molar-refractivity contribution in [2.75, 3.05) is 25.0 Å². The molecule has 1 aromatic carbocycles. The summed E-state index contributed by atoms with van der Waals surface area (Å²) in [6, 6.07) is 6.92. The molecule has 0 bridgehead atoms. The third kappa shape index (κ3) is 6.04. The smallest absolute Gasteiger partial charge is 0.143 e. The topological polar surface area (TPSA) is 42.5 Å². The second-order valence-electron chi connectivity index (χ2n) is 7.38. The van der Waals surface area contributed by atoms with Gasteiger partial charge in [0, 0.05) is 12.6 Å². The number of anilines is 1. The zero-order valence-electron chi connectivity index (χ0n) is 15.2. The van der Waals surface area contributed by atoms with Crippen LogP contribution in [0.2, 0.25) is 0 Å². The number of hydrogen-bond acceptors (Lipinski definition) is 4. The molecule has 0 amide bonds. The van der Waals surface area contributed by atoms with Crippen molar-refractivity contribution in [1.29, 1.82) is 0 Å². The Bertz CT molecular complexity index is 500. The third-order valence-corrected chi connectivity index (χ3v) is 3.94. The van der Waals surface area contributed by atoms with Crippen molar-refractivity contribution < 1.29 is 9.47 Å². The molecular formula is C19H32N2O2. The molecule has 23 heavy (non-hydrogen) atoms. The lowest BCUT2D eigenvalue weighted by Gasteiger charge is -2.33. The van der Waals surface area contributed by atoms with Crippen LogP contribution >= 0.6 is 0 Å². The zero-order valence-corrected chi connectivity index (χ0v) is 15.2. The molecule has 1 atom stereocenters. The lowest BCUT2D eigenvalue weighted by Crippen LogP contribution is -2.40. The molecule has 2 rings (SSSR count). The molecule has 4 nitrogen and oxygen atoms in total. The average Bonchev–Trinajstić information content (AvgIpc) is 2.46. The van der Waals surface area contributed by atoms with E-state index in [-0.39, 0.29) is 5.60 Å². The van der Waals surface area contributed by atoms with Crippen molar-refractivity contribution in [3.63, 3.8) is 0 Å². The minimum atomic E-state index is -0.137. The maximum atomic E-state index is 6.00. The van der Waals surface area contributed by atoms with Gasteiger partial charge in [-0.2, -0.15) is 0 Å². The maximum Gasteiger partial charge on any atom is 0.143 e. The molecule has 130 valence electrons. The van der Waals surface area contributed by atoms with Crippen LogP contribution < -0.4 is 15.4 Å². The molecule has 0 radical (unpaired) electrons. The summed E-state index contributed by atoms with van der Waals surface area (Å²) < 4.78 is 11.6. The Morgan fingerprint density at radius 2 is 2.09 bits per heavy atom. The van der Waals surface area contributed by atoms with Crippen molar-refractivity contribution >= 4 is 5.69 Å². The molecule has 2 N–H and O–H groups in total. The molecule has 1 heterocycles. The molecule has 0 aromatic heterocycles. The fraction of sp³-hybridized carbons (Fsp3) is 0.684. The van der Waals surface area contributed by atoms with Gasteiger partial charge in [0.25, 0.3) is 0 Å². The predicted octanol–water partition coefficient (Wildman–Crippen LogP) is 3.61. The van der Waals surface area contributed by atoms with Crippen LogP contribution in [-0.4, -0.2) is 37.4 Å². The summed E-state index contributed by atoms with van der Waals surface area (Å²) in [5.41, 5.74) is 2.30. The van der Waals surface area contributed by atoms with Gasteiger partial charge in [-0.3, -0.25) is 0 Å². The van der Waals surface area contributed by atoms with E-state index < -0.39 is 0 Å². The number of benzene rings is 1. The molecule has 1 aliphatic rings. The Labute approximate surface area is 140 Å². The lowest BCUT2D eigenvalue weighted by molar-refractivity contribution is 0.0768. The molecule has 0 saturated heterocycles. The van der Waals surface area contributed by atoms with Gasteiger partial charge >= 0.3 is 0 Å². The van der Waals surface area contributed by atoms with Crippen LogP contribution in [0.5, 0.6) is 5.75 Å². The first-order valence-corrected chi connectivity index (χ1v) is 8.76. The summed E-state index contributed by atoms with van der Waals surface area (Å²) in [5, 5.41) is 7.04. The van der Waals surface area contributed by atoms with Gasteiger partial charge in [-0.15, -0.1) is 0 Å². The number of rotatable bonds is 8. The van der Waals surface area contributed by atoms with Crippen molar-refractivity contribution in [3.8, 4) is 5.75 Å². The van der Waals surface area contributed by atoms with Crippen molar-refractivity contribution in [2.24, 2.45) is 0 Å². The first-order valence-electron chi connectivity index (χ1n) is 8.76. The highest BCUT2D eigenvalue weighted by Crippen LogP contribution is 2.33. The number of ether oxygens (including phenoxy) is 2. The summed E-state index contributed by atoms with van der Waals surface area (Å²) in [6.07, 6.45) is 2.39. The van der Waals surface area contributed by atoms with Gasteiger partial charge in [-0.05, 0) is 71.7 Å². The molecule has 0 fully saturated rings. The Hall–Kier alpha value is -1.26. The molecule has 1 aliphatic heterocycles. The van der Waals surface area contributed by atoms with Gasteiger partial charge < -0.3 is 20.1 Å². The first-order chi connectivity index (χ1) is 10.9. The number of fused-ring (bicyclic) bond motifs is 1. The molecule has 1 unspecified atom stereocenters. The highest BCUT2D eigenvalue weighted by Gasteiger charge is 2.26. The maximum absolute atomic E-state index is 6.00. The minimum Gasteiger partial charge on any atom is -0.484 e. The second-order valence-corrected chi connectivity index (χ2v) is 7.38. The van der Waals surface area contributed by atoms with Crippen LogP contribution in [0, 0.1) is 0 Å². The Kier molecular flexibility index (Phi) is 6.31. The average molecular weight is 320 g/mol. The van der Waals surface area contributed by atoms with E-state index in [0.29, 0.717) is 12.1 Å². The molecule has 0 saturated carbocycles. The van der Waals surface area contributed by atoms with E-state index in [0.717, 1.165) is 44.0 Å². The molecule has 0 aliphatic carbocycles. The molecule has 4 heteroatoms. The Morgan fingerprint density at radius 3 is 2.83 bits per heavy atom. The standard InChI is InChI=1S/C19H32N2O2/c1-14(2)22-10-6-9-20-15(3)11-16-7-8-18-17(12-16)21-13-19(4,5)23-18/h7-8,12,14-15,20-21H,6,9-11,13H2,1-5H3. The van der Waals surface area contributed by atoms with E-state index in [9.17, 15) is 0 Å². The Morgan fingerprint density at radius 1 is 1.30 bits per heavy atom. The van der Waals surface area contributed by atoms with Crippen molar-refractivity contribution in [3.05, 3.63) is 23.8 Å². The molecule has 1 aromatic rings. The van der Waals surface area contributed by atoms with Crippen LogP contribution in [0.4, 0.5) is 5.69 Å². The zero-order chi connectivity index (χ0) is 16.9. The fourth-order valence-electron chi connectivity index (χ4n) is 2.74. The molecule has 0 spiro atoms. The van der Waals surface area contributed by atoms with E-state index in [1.54, 1.807) is 0 Å². The molecular weight excluding hydrogens is 288 g/mol.